The average molecular weight is 404 g/mol. The van der Waals surface area contributed by atoms with Gasteiger partial charge in [0.2, 0.25) is 5.89 Å². The van der Waals surface area contributed by atoms with Gasteiger partial charge >= 0.3 is 0 Å². The van der Waals surface area contributed by atoms with E-state index in [9.17, 15) is 0 Å². The van der Waals surface area contributed by atoms with Crippen LogP contribution in [0, 0.1) is 6.92 Å². The van der Waals surface area contributed by atoms with Gasteiger partial charge in [0.1, 0.15) is 17.5 Å². The van der Waals surface area contributed by atoms with Crippen LogP contribution in [-0.4, -0.2) is 35.4 Å². The van der Waals surface area contributed by atoms with E-state index in [2.05, 4.69) is 50.9 Å². The van der Waals surface area contributed by atoms with E-state index in [-0.39, 0.29) is 11.7 Å². The number of hydrogen-bond acceptors (Lipinski definition) is 6. The molecule has 1 atom stereocenters. The molecule has 1 aromatic heterocycles. The monoisotopic (exact) mass is 403 g/mol. The molecule has 0 saturated carbocycles. The lowest BCUT2D eigenvalue weighted by molar-refractivity contribution is 0.0683. The predicted octanol–water partition coefficient (Wildman–Crippen LogP) is 3.52. The van der Waals surface area contributed by atoms with Crippen LogP contribution >= 0.6 is 0 Å². The van der Waals surface area contributed by atoms with Crippen molar-refractivity contribution in [1.82, 2.24) is 20.8 Å². The molecule has 0 fully saturated rings. The lowest BCUT2D eigenvalue weighted by Crippen LogP contribution is -2.36. The van der Waals surface area contributed by atoms with E-state index < -0.39 is 0 Å². The van der Waals surface area contributed by atoms with E-state index >= 15 is 0 Å². The minimum absolute atomic E-state index is 0.197. The molecule has 0 bridgehead atoms. The third-order valence-electron chi connectivity index (χ3n) is 3.98. The Morgan fingerprint density at radius 3 is 2.62 bits per heavy atom. The Balaban J connectivity index is 1.95. The van der Waals surface area contributed by atoms with E-state index in [1.807, 2.05) is 34.6 Å². The van der Waals surface area contributed by atoms with Crippen LogP contribution in [0.25, 0.3) is 0 Å². The lowest BCUT2D eigenvalue weighted by Gasteiger charge is -2.24. The fourth-order valence-electron chi connectivity index (χ4n) is 2.62. The smallest absolute Gasteiger partial charge is 0.246 e. The molecule has 160 valence electrons. The van der Waals surface area contributed by atoms with Gasteiger partial charge in [0, 0.05) is 25.8 Å². The number of aromatic nitrogens is 2. The summed E-state index contributed by atoms with van der Waals surface area (Å²) in [6.07, 6.45) is -0.197. The van der Waals surface area contributed by atoms with Crippen LogP contribution in [0.4, 0.5) is 0 Å². The van der Waals surface area contributed by atoms with Gasteiger partial charge in [-0.1, -0.05) is 17.3 Å². The maximum Gasteiger partial charge on any atom is 0.246 e. The molecular formula is C21H33N5O3. The van der Waals surface area contributed by atoms with Crippen LogP contribution in [0.15, 0.2) is 27.7 Å². The summed E-state index contributed by atoms with van der Waals surface area (Å²) in [6, 6.07) is 6.19. The fraction of sp³-hybridized carbons (Fsp3) is 0.571. The number of nitrogens with zero attached hydrogens (tertiary/aromatic N) is 3. The summed E-state index contributed by atoms with van der Waals surface area (Å²) in [7, 11) is 1.72. The predicted molar refractivity (Wildman–Crippen MR) is 113 cm³/mol. The molecule has 2 N–H and O–H groups in total. The van der Waals surface area contributed by atoms with Crippen LogP contribution in [0.1, 0.15) is 63.6 Å². The topological polar surface area (TPSA) is 93.8 Å². The Morgan fingerprint density at radius 1 is 1.24 bits per heavy atom. The van der Waals surface area contributed by atoms with Gasteiger partial charge < -0.3 is 24.6 Å². The number of nitrogens with one attached hydrogen (secondary N) is 2. The van der Waals surface area contributed by atoms with Crippen molar-refractivity contribution in [2.45, 2.75) is 66.3 Å². The zero-order valence-corrected chi connectivity index (χ0v) is 18.5. The molecule has 0 spiro atoms. The van der Waals surface area contributed by atoms with Gasteiger partial charge in [-0.15, -0.1) is 0 Å². The van der Waals surface area contributed by atoms with E-state index in [1.54, 1.807) is 7.05 Å². The van der Waals surface area contributed by atoms with Crippen LogP contribution in [0.5, 0.6) is 5.75 Å². The summed E-state index contributed by atoms with van der Waals surface area (Å²) in [6.45, 7) is 13.5. The van der Waals surface area contributed by atoms with Gasteiger partial charge in [-0.3, -0.25) is 4.99 Å². The van der Waals surface area contributed by atoms with Gasteiger partial charge in [-0.05, 0) is 53.2 Å². The molecule has 0 saturated heterocycles. The Labute approximate surface area is 173 Å². The molecule has 29 heavy (non-hydrogen) atoms. The molecule has 0 amide bonds. The highest BCUT2D eigenvalue weighted by molar-refractivity contribution is 5.79. The first kappa shape index (κ1) is 22.7. The quantitative estimate of drug-likeness (QED) is 0.514. The minimum Gasteiger partial charge on any atom is -0.488 e. The molecule has 2 aromatic rings. The van der Waals surface area contributed by atoms with Crippen LogP contribution in [0.2, 0.25) is 0 Å². The first-order valence-electron chi connectivity index (χ1n) is 9.89. The number of aryl methyl sites for hydroxylation is 1. The van der Waals surface area contributed by atoms with E-state index in [1.165, 1.54) is 0 Å². The first-order valence-corrected chi connectivity index (χ1v) is 9.89. The minimum atomic E-state index is -0.267. The van der Waals surface area contributed by atoms with Gasteiger partial charge in [0.15, 0.2) is 11.8 Å². The molecule has 0 aliphatic heterocycles. The SMILES string of the molecule is CCOC(C)c1noc(CNC(=NC)NCc2ccc(C)cc2OC(C)(C)C)n1. The van der Waals surface area contributed by atoms with Crippen molar-refractivity contribution >= 4 is 5.96 Å². The van der Waals surface area contributed by atoms with Crippen molar-refractivity contribution < 1.29 is 14.0 Å². The maximum absolute atomic E-state index is 6.11. The molecule has 1 aromatic carbocycles. The summed E-state index contributed by atoms with van der Waals surface area (Å²) in [5.41, 5.74) is 1.94. The summed E-state index contributed by atoms with van der Waals surface area (Å²) >= 11 is 0. The third-order valence-corrected chi connectivity index (χ3v) is 3.98. The summed E-state index contributed by atoms with van der Waals surface area (Å²) in [5, 5.41) is 10.4. The number of aliphatic imine (C=N–C) groups is 1. The molecule has 1 unspecified atom stereocenters. The molecule has 0 radical (unpaired) electrons. The van der Waals surface area contributed by atoms with Crippen molar-refractivity contribution in [3.63, 3.8) is 0 Å². The Hall–Kier alpha value is -2.61. The molecule has 1 heterocycles. The third kappa shape index (κ3) is 7.38. The zero-order chi connectivity index (χ0) is 21.4. The molecule has 0 aliphatic carbocycles. The van der Waals surface area contributed by atoms with Gasteiger partial charge in [0.05, 0.1) is 6.54 Å². The number of hydrogen-bond donors (Lipinski definition) is 2. The van der Waals surface area contributed by atoms with Gasteiger partial charge in [0.25, 0.3) is 0 Å². The summed E-state index contributed by atoms with van der Waals surface area (Å²) < 4.78 is 16.9. The van der Waals surface area contributed by atoms with Crippen molar-refractivity contribution in [3.05, 3.63) is 41.0 Å². The van der Waals surface area contributed by atoms with Crippen molar-refractivity contribution in [3.8, 4) is 5.75 Å². The van der Waals surface area contributed by atoms with Crippen molar-refractivity contribution in [2.24, 2.45) is 4.99 Å². The van der Waals surface area contributed by atoms with Crippen LogP contribution in [0.3, 0.4) is 0 Å². The normalized spacial score (nSPS) is 13.3. The van der Waals surface area contributed by atoms with Crippen molar-refractivity contribution in [1.29, 1.82) is 0 Å². The van der Waals surface area contributed by atoms with Gasteiger partial charge in [-0.2, -0.15) is 4.98 Å². The number of benzene rings is 1. The van der Waals surface area contributed by atoms with Crippen molar-refractivity contribution in [2.75, 3.05) is 13.7 Å². The Bertz CT molecular complexity index is 811. The van der Waals surface area contributed by atoms with E-state index in [0.29, 0.717) is 37.4 Å². The summed E-state index contributed by atoms with van der Waals surface area (Å²) in [5.74, 6) is 2.51. The second kappa shape index (κ2) is 10.2. The summed E-state index contributed by atoms with van der Waals surface area (Å²) in [4.78, 5) is 8.60. The van der Waals surface area contributed by atoms with Crippen LogP contribution in [-0.2, 0) is 17.8 Å². The molecule has 0 aliphatic rings. The highest BCUT2D eigenvalue weighted by atomic mass is 16.5. The second-order valence-electron chi connectivity index (χ2n) is 7.75. The van der Waals surface area contributed by atoms with Gasteiger partial charge in [-0.25, -0.2) is 0 Å². The lowest BCUT2D eigenvalue weighted by atomic mass is 10.1. The largest absolute Gasteiger partial charge is 0.488 e. The highest BCUT2D eigenvalue weighted by Crippen LogP contribution is 2.24. The number of rotatable bonds is 8. The molecule has 8 nitrogen and oxygen atoms in total. The zero-order valence-electron chi connectivity index (χ0n) is 18.5. The molecule has 8 heteroatoms. The Morgan fingerprint density at radius 2 is 1.97 bits per heavy atom. The highest BCUT2D eigenvalue weighted by Gasteiger charge is 2.16. The van der Waals surface area contributed by atoms with E-state index in [4.69, 9.17) is 14.0 Å². The fourth-order valence-corrected chi connectivity index (χ4v) is 2.62. The molecule has 2 rings (SSSR count). The van der Waals surface area contributed by atoms with E-state index in [0.717, 1.165) is 16.9 Å². The number of guanidine groups is 1. The number of ether oxygens (including phenoxy) is 2. The maximum atomic E-state index is 6.11. The first-order chi connectivity index (χ1) is 13.7. The standard InChI is InChI=1S/C21H33N5O3/c1-8-27-15(3)19-25-18(29-26-19)13-24-20(22-7)23-12-16-10-9-14(2)11-17(16)28-21(4,5)6/h9-11,15H,8,12-13H2,1-7H3,(H2,22,23,24). The molecular weight excluding hydrogens is 370 g/mol. The second-order valence-corrected chi connectivity index (χ2v) is 7.75. The Kier molecular flexibility index (Phi) is 8.01. The average Bonchev–Trinajstić information content (AvgIpc) is 3.11. The van der Waals surface area contributed by atoms with Crippen LogP contribution < -0.4 is 15.4 Å².